The summed E-state index contributed by atoms with van der Waals surface area (Å²) in [4.78, 5) is 38.2. The number of hydrogen-bond acceptors (Lipinski definition) is 6. The monoisotopic (exact) mass is 419 g/mol. The van der Waals surface area contributed by atoms with Crippen molar-refractivity contribution >= 4 is 18.0 Å². The number of hydrogen-bond donors (Lipinski definition) is 2. The molecule has 0 radical (unpaired) electrons. The average molecular weight is 420 g/mol. The van der Waals surface area contributed by atoms with E-state index in [-0.39, 0.29) is 31.1 Å². The van der Waals surface area contributed by atoms with Crippen molar-refractivity contribution in [3.8, 4) is 0 Å². The summed E-state index contributed by atoms with van der Waals surface area (Å²) in [7, 11) is 1.34. The maximum absolute atomic E-state index is 12.9. The molecule has 1 fully saturated rings. The molecule has 0 saturated carbocycles. The third-order valence-corrected chi connectivity index (χ3v) is 4.99. The first kappa shape index (κ1) is 23.7. The van der Waals surface area contributed by atoms with Crippen molar-refractivity contribution in [3.63, 3.8) is 0 Å². The number of benzene rings is 1. The van der Waals surface area contributed by atoms with Gasteiger partial charge in [0.2, 0.25) is 5.91 Å². The summed E-state index contributed by atoms with van der Waals surface area (Å²) in [6.07, 6.45) is 1.65. The van der Waals surface area contributed by atoms with Gasteiger partial charge in [-0.05, 0) is 30.7 Å². The highest BCUT2D eigenvalue weighted by Gasteiger charge is 2.36. The molecule has 8 heteroatoms. The van der Waals surface area contributed by atoms with Gasteiger partial charge in [0.1, 0.15) is 12.6 Å². The number of carbonyl (C=O) groups is 3. The van der Waals surface area contributed by atoms with Gasteiger partial charge in [-0.15, -0.1) is 0 Å². The lowest BCUT2D eigenvalue weighted by Gasteiger charge is -2.27. The minimum absolute atomic E-state index is 0.0856. The molecule has 0 aliphatic carbocycles. The maximum Gasteiger partial charge on any atom is 0.410 e. The fourth-order valence-corrected chi connectivity index (χ4v) is 3.54. The molecule has 30 heavy (non-hydrogen) atoms. The van der Waals surface area contributed by atoms with E-state index in [2.05, 4.69) is 29.2 Å². The van der Waals surface area contributed by atoms with Crippen molar-refractivity contribution in [2.75, 3.05) is 26.7 Å². The molecule has 166 valence electrons. The maximum atomic E-state index is 12.9. The van der Waals surface area contributed by atoms with E-state index in [0.717, 1.165) is 18.4 Å². The van der Waals surface area contributed by atoms with Crippen LogP contribution in [0.5, 0.6) is 0 Å². The molecule has 0 spiro atoms. The molecule has 2 rings (SSSR count). The Hall–Kier alpha value is -2.61. The van der Waals surface area contributed by atoms with Crippen LogP contribution in [-0.4, -0.2) is 61.7 Å². The lowest BCUT2D eigenvalue weighted by atomic mass is 10.0. The van der Waals surface area contributed by atoms with Crippen LogP contribution in [0.3, 0.4) is 0 Å². The summed E-state index contributed by atoms with van der Waals surface area (Å²) in [6.45, 7) is 5.36. The normalized spacial score (nSPS) is 16.9. The Bertz CT molecular complexity index is 695. The van der Waals surface area contributed by atoms with Crippen molar-refractivity contribution in [3.05, 3.63) is 35.9 Å². The summed E-state index contributed by atoms with van der Waals surface area (Å²) >= 11 is 0. The van der Waals surface area contributed by atoms with E-state index < -0.39 is 12.1 Å². The number of esters is 1. The van der Waals surface area contributed by atoms with Crippen LogP contribution in [-0.2, 0) is 25.7 Å². The van der Waals surface area contributed by atoms with Gasteiger partial charge in [0.05, 0.1) is 13.7 Å². The van der Waals surface area contributed by atoms with Crippen LogP contribution in [0.2, 0.25) is 0 Å². The Morgan fingerprint density at radius 1 is 1.20 bits per heavy atom. The number of nitrogens with one attached hydrogen (secondary N) is 2. The van der Waals surface area contributed by atoms with Crippen LogP contribution in [0, 0.1) is 5.92 Å². The van der Waals surface area contributed by atoms with Gasteiger partial charge in [0.15, 0.2) is 0 Å². The van der Waals surface area contributed by atoms with E-state index in [4.69, 9.17) is 4.74 Å². The topological polar surface area (TPSA) is 97.0 Å². The van der Waals surface area contributed by atoms with E-state index in [1.807, 2.05) is 30.3 Å². The molecule has 2 atom stereocenters. The highest BCUT2D eigenvalue weighted by atomic mass is 16.6. The van der Waals surface area contributed by atoms with Gasteiger partial charge >= 0.3 is 12.1 Å². The summed E-state index contributed by atoms with van der Waals surface area (Å²) in [5, 5.41) is 6.05. The molecule has 2 N–H and O–H groups in total. The van der Waals surface area contributed by atoms with Gasteiger partial charge in [0.25, 0.3) is 0 Å². The van der Waals surface area contributed by atoms with Gasteiger partial charge in [-0.2, -0.15) is 0 Å². The first-order chi connectivity index (χ1) is 14.4. The van der Waals surface area contributed by atoms with E-state index >= 15 is 0 Å². The molecular weight excluding hydrogens is 386 g/mol. The molecule has 2 unspecified atom stereocenters. The summed E-state index contributed by atoms with van der Waals surface area (Å²) in [5.41, 5.74) is 0.903. The smallest absolute Gasteiger partial charge is 0.410 e. The molecule has 8 nitrogen and oxygen atoms in total. The van der Waals surface area contributed by atoms with Crippen LogP contribution < -0.4 is 10.6 Å². The van der Waals surface area contributed by atoms with E-state index in [1.54, 1.807) is 0 Å². The summed E-state index contributed by atoms with van der Waals surface area (Å²) < 4.78 is 10.0. The molecule has 1 aliphatic heterocycles. The lowest BCUT2D eigenvalue weighted by Crippen LogP contribution is -2.51. The second kappa shape index (κ2) is 12.2. The third-order valence-electron chi connectivity index (χ3n) is 4.99. The van der Waals surface area contributed by atoms with Crippen LogP contribution in [0.4, 0.5) is 4.79 Å². The molecule has 0 bridgehead atoms. The Balaban J connectivity index is 1.89. The van der Waals surface area contributed by atoms with Gasteiger partial charge in [0, 0.05) is 19.1 Å². The third kappa shape index (κ3) is 7.67. The molecule has 1 heterocycles. The van der Waals surface area contributed by atoms with Crippen LogP contribution in [0.15, 0.2) is 30.3 Å². The van der Waals surface area contributed by atoms with Crippen molar-refractivity contribution in [2.45, 2.75) is 51.8 Å². The lowest BCUT2D eigenvalue weighted by molar-refractivity contribution is -0.139. The van der Waals surface area contributed by atoms with Gasteiger partial charge in [-0.1, -0.05) is 44.2 Å². The minimum Gasteiger partial charge on any atom is -0.468 e. The van der Waals surface area contributed by atoms with Crippen LogP contribution >= 0.6 is 0 Å². The molecule has 2 amide bonds. The Morgan fingerprint density at radius 2 is 1.93 bits per heavy atom. The molecule has 1 aromatic rings. The molecule has 1 saturated heterocycles. The zero-order valence-electron chi connectivity index (χ0n) is 18.1. The van der Waals surface area contributed by atoms with Crippen LogP contribution in [0.1, 0.15) is 38.7 Å². The predicted octanol–water partition coefficient (Wildman–Crippen LogP) is 2.08. The second-order valence-electron chi connectivity index (χ2n) is 7.93. The van der Waals surface area contributed by atoms with Gasteiger partial charge in [-0.3, -0.25) is 14.5 Å². The number of methoxy groups -OCH3 is 1. The van der Waals surface area contributed by atoms with Crippen molar-refractivity contribution in [1.82, 2.24) is 15.5 Å². The van der Waals surface area contributed by atoms with Gasteiger partial charge in [-0.25, -0.2) is 4.79 Å². The number of nitrogens with zero attached hydrogens (tertiary/aromatic N) is 1. The van der Waals surface area contributed by atoms with E-state index in [9.17, 15) is 14.4 Å². The minimum atomic E-state index is -0.538. The van der Waals surface area contributed by atoms with E-state index in [1.165, 1.54) is 12.0 Å². The summed E-state index contributed by atoms with van der Waals surface area (Å²) in [6, 6.07) is 8.77. The highest BCUT2D eigenvalue weighted by molar-refractivity contribution is 5.86. The Labute approximate surface area is 178 Å². The molecule has 0 aromatic heterocycles. The Morgan fingerprint density at radius 3 is 2.60 bits per heavy atom. The summed E-state index contributed by atoms with van der Waals surface area (Å²) in [5.74, 6) is -0.173. The highest BCUT2D eigenvalue weighted by Crippen LogP contribution is 2.19. The number of likely N-dealkylation sites (tertiary alicyclic amines) is 1. The quantitative estimate of drug-likeness (QED) is 0.564. The molecule has 1 aliphatic rings. The van der Waals surface area contributed by atoms with Crippen molar-refractivity contribution < 1.29 is 23.9 Å². The van der Waals surface area contributed by atoms with E-state index in [0.29, 0.717) is 25.4 Å². The second-order valence-corrected chi connectivity index (χ2v) is 7.93. The zero-order chi connectivity index (χ0) is 21.9. The van der Waals surface area contributed by atoms with Crippen molar-refractivity contribution in [2.24, 2.45) is 5.92 Å². The number of rotatable bonds is 10. The predicted molar refractivity (Wildman–Crippen MR) is 113 cm³/mol. The van der Waals surface area contributed by atoms with Crippen molar-refractivity contribution in [1.29, 1.82) is 0 Å². The van der Waals surface area contributed by atoms with Crippen LogP contribution in [0.25, 0.3) is 0 Å². The standard InChI is InChI=1S/C22H33N3O5/c1-16(2)12-18(13-23-14-20(26)29-3)24-21(27)19-10-7-11-25(19)22(28)30-15-17-8-5-4-6-9-17/h4-6,8-9,16,18-19,23H,7,10-15H2,1-3H3,(H,24,27). The zero-order valence-corrected chi connectivity index (χ0v) is 18.1. The fraction of sp³-hybridized carbons (Fsp3) is 0.591. The SMILES string of the molecule is COC(=O)CNCC(CC(C)C)NC(=O)C1CCCN1C(=O)OCc1ccccc1. The fourth-order valence-electron chi connectivity index (χ4n) is 3.54. The molecular formula is C22H33N3O5. The first-order valence-electron chi connectivity index (χ1n) is 10.5. The van der Waals surface area contributed by atoms with Gasteiger partial charge < -0.3 is 20.1 Å². The average Bonchev–Trinajstić information content (AvgIpc) is 3.22. The first-order valence-corrected chi connectivity index (χ1v) is 10.5. The number of amides is 2. The number of ether oxygens (including phenoxy) is 2. The molecule has 1 aromatic carbocycles. The largest absolute Gasteiger partial charge is 0.468 e. The Kier molecular flexibility index (Phi) is 9.60. The number of carbonyl (C=O) groups excluding carboxylic acids is 3.